The Morgan fingerprint density at radius 3 is 2.21 bits per heavy atom. The van der Waals surface area contributed by atoms with Crippen LogP contribution in [0.2, 0.25) is 0 Å². The molecule has 0 amide bonds. The molecule has 0 saturated heterocycles. The van der Waals surface area contributed by atoms with Crippen molar-refractivity contribution < 1.29 is 4.79 Å². The summed E-state index contributed by atoms with van der Waals surface area (Å²) in [4.78, 5) is 11.4. The molecule has 2 heteroatoms. The topological polar surface area (TPSA) is 29.1 Å². The zero-order valence-electron chi connectivity index (χ0n) is 10.3. The van der Waals surface area contributed by atoms with E-state index in [0.717, 1.165) is 12.8 Å². The summed E-state index contributed by atoms with van der Waals surface area (Å²) in [5.74, 6) is 0.260. The summed E-state index contributed by atoms with van der Waals surface area (Å²) in [5.41, 5.74) is 0.0303. The molecule has 0 aliphatic heterocycles. The van der Waals surface area contributed by atoms with Gasteiger partial charge in [0.2, 0.25) is 0 Å². The normalized spacial score (nSPS) is 14.1. The Labute approximate surface area is 88.5 Å². The Kier molecular flexibility index (Phi) is 6.01. The van der Waals surface area contributed by atoms with Crippen LogP contribution in [0.1, 0.15) is 60.3 Å². The summed E-state index contributed by atoms with van der Waals surface area (Å²) in [6.45, 7) is 10.2. The lowest BCUT2D eigenvalue weighted by Crippen LogP contribution is -2.47. The maximum atomic E-state index is 11.4. The predicted octanol–water partition coefficient (Wildman–Crippen LogP) is 2.91. The first-order valence-electron chi connectivity index (χ1n) is 5.65. The van der Waals surface area contributed by atoms with Crippen molar-refractivity contribution in [3.63, 3.8) is 0 Å². The summed E-state index contributed by atoms with van der Waals surface area (Å²) in [5, 5.41) is 3.37. The van der Waals surface area contributed by atoms with Gasteiger partial charge in [-0.2, -0.15) is 0 Å². The highest BCUT2D eigenvalue weighted by molar-refractivity contribution is 5.81. The van der Waals surface area contributed by atoms with Crippen LogP contribution < -0.4 is 5.32 Å². The fraction of sp³-hybridized carbons (Fsp3) is 0.917. The largest absolute Gasteiger partial charge is 0.303 e. The Morgan fingerprint density at radius 1 is 1.29 bits per heavy atom. The lowest BCUT2D eigenvalue weighted by molar-refractivity contribution is -0.119. The van der Waals surface area contributed by atoms with E-state index in [1.54, 1.807) is 6.92 Å². The molecule has 0 radical (unpaired) electrons. The minimum atomic E-state index is 0.0303. The number of rotatable bonds is 6. The Balaban J connectivity index is 3.97. The van der Waals surface area contributed by atoms with Gasteiger partial charge in [0.1, 0.15) is 5.78 Å². The monoisotopic (exact) mass is 199 g/mol. The molecule has 0 aromatic rings. The first-order chi connectivity index (χ1) is 6.37. The second-order valence-electron chi connectivity index (χ2n) is 5.05. The molecule has 14 heavy (non-hydrogen) atoms. The number of ketones is 1. The molecule has 1 atom stereocenters. The summed E-state index contributed by atoms with van der Waals surface area (Å²) in [6.07, 6.45) is 4.54. The maximum Gasteiger partial charge on any atom is 0.146 e. The van der Waals surface area contributed by atoms with Gasteiger partial charge in [0.05, 0.1) is 6.04 Å². The average Bonchev–Trinajstić information content (AvgIpc) is 2.00. The number of unbranched alkanes of at least 4 members (excludes halogenated alkanes) is 2. The third-order valence-corrected chi connectivity index (χ3v) is 2.19. The van der Waals surface area contributed by atoms with E-state index in [1.807, 2.05) is 0 Å². The summed E-state index contributed by atoms with van der Waals surface area (Å²) in [6, 6.07) is 0.0431. The molecule has 84 valence electrons. The zero-order valence-corrected chi connectivity index (χ0v) is 10.3. The van der Waals surface area contributed by atoms with E-state index in [1.165, 1.54) is 12.8 Å². The van der Waals surface area contributed by atoms with Gasteiger partial charge in [0, 0.05) is 5.54 Å². The van der Waals surface area contributed by atoms with Gasteiger partial charge in [-0.15, -0.1) is 0 Å². The first-order valence-corrected chi connectivity index (χ1v) is 5.65. The summed E-state index contributed by atoms with van der Waals surface area (Å²) >= 11 is 0. The van der Waals surface area contributed by atoms with Crippen LogP contribution in [0, 0.1) is 0 Å². The van der Waals surface area contributed by atoms with Crippen LogP contribution in [0.15, 0.2) is 0 Å². The minimum Gasteiger partial charge on any atom is -0.303 e. The molecule has 0 rings (SSSR count). The van der Waals surface area contributed by atoms with Crippen LogP contribution >= 0.6 is 0 Å². The Bertz CT molecular complexity index is 170. The van der Waals surface area contributed by atoms with Crippen LogP contribution in [0.4, 0.5) is 0 Å². The van der Waals surface area contributed by atoms with Crippen molar-refractivity contribution in [2.24, 2.45) is 0 Å². The van der Waals surface area contributed by atoms with Gasteiger partial charge in [-0.05, 0) is 34.1 Å². The van der Waals surface area contributed by atoms with Gasteiger partial charge in [-0.1, -0.05) is 26.2 Å². The third kappa shape index (κ3) is 7.07. The highest BCUT2D eigenvalue weighted by Crippen LogP contribution is 2.09. The van der Waals surface area contributed by atoms with Crippen LogP contribution in [0.25, 0.3) is 0 Å². The van der Waals surface area contributed by atoms with Gasteiger partial charge in [-0.3, -0.25) is 4.79 Å². The molecular weight excluding hydrogens is 174 g/mol. The summed E-state index contributed by atoms with van der Waals surface area (Å²) in [7, 11) is 0. The van der Waals surface area contributed by atoms with Crippen LogP contribution in [-0.2, 0) is 4.79 Å². The van der Waals surface area contributed by atoms with E-state index < -0.39 is 0 Å². The minimum absolute atomic E-state index is 0.0303. The van der Waals surface area contributed by atoms with Crippen LogP contribution in [-0.4, -0.2) is 17.4 Å². The number of carbonyl (C=O) groups excluding carboxylic acids is 1. The molecule has 0 bridgehead atoms. The number of nitrogens with one attached hydrogen (secondary N) is 1. The van der Waals surface area contributed by atoms with Gasteiger partial charge >= 0.3 is 0 Å². The van der Waals surface area contributed by atoms with Crippen molar-refractivity contribution >= 4 is 5.78 Å². The van der Waals surface area contributed by atoms with Crippen molar-refractivity contribution in [3.05, 3.63) is 0 Å². The van der Waals surface area contributed by atoms with Crippen molar-refractivity contribution in [1.82, 2.24) is 5.32 Å². The van der Waals surface area contributed by atoms with Gasteiger partial charge < -0.3 is 5.32 Å². The highest BCUT2D eigenvalue weighted by Gasteiger charge is 2.19. The maximum absolute atomic E-state index is 11.4. The lowest BCUT2D eigenvalue weighted by atomic mass is 10.0. The van der Waals surface area contributed by atoms with Crippen molar-refractivity contribution in [2.75, 3.05) is 0 Å². The molecule has 0 saturated carbocycles. The molecule has 0 aromatic heterocycles. The second kappa shape index (κ2) is 6.18. The van der Waals surface area contributed by atoms with Gasteiger partial charge in [0.15, 0.2) is 0 Å². The first kappa shape index (κ1) is 13.6. The van der Waals surface area contributed by atoms with Crippen molar-refractivity contribution in [2.45, 2.75) is 71.9 Å². The van der Waals surface area contributed by atoms with E-state index in [-0.39, 0.29) is 17.4 Å². The third-order valence-electron chi connectivity index (χ3n) is 2.19. The fourth-order valence-corrected chi connectivity index (χ4v) is 1.50. The van der Waals surface area contributed by atoms with Gasteiger partial charge in [0.25, 0.3) is 0 Å². The van der Waals surface area contributed by atoms with Gasteiger partial charge in [-0.25, -0.2) is 0 Å². The quantitative estimate of drug-likeness (QED) is 0.666. The fourth-order valence-electron chi connectivity index (χ4n) is 1.50. The second-order valence-corrected chi connectivity index (χ2v) is 5.05. The Hall–Kier alpha value is -0.370. The zero-order chi connectivity index (χ0) is 11.2. The number of Topliss-reactive ketones (excluding diaryl/α,β-unsaturated/α-hetero) is 1. The van der Waals surface area contributed by atoms with E-state index in [0.29, 0.717) is 0 Å². The molecule has 2 nitrogen and oxygen atoms in total. The number of carbonyl (C=O) groups is 1. The van der Waals surface area contributed by atoms with E-state index in [4.69, 9.17) is 0 Å². The van der Waals surface area contributed by atoms with Crippen molar-refractivity contribution in [1.29, 1.82) is 0 Å². The van der Waals surface area contributed by atoms with Crippen molar-refractivity contribution in [3.8, 4) is 0 Å². The molecule has 0 spiro atoms. The molecule has 0 fully saturated rings. The average molecular weight is 199 g/mol. The molecule has 0 heterocycles. The molecule has 0 aliphatic carbocycles. The highest BCUT2D eigenvalue weighted by atomic mass is 16.1. The van der Waals surface area contributed by atoms with E-state index in [9.17, 15) is 4.79 Å². The lowest BCUT2D eigenvalue weighted by Gasteiger charge is -2.27. The number of hydrogen-bond acceptors (Lipinski definition) is 2. The molecule has 0 aliphatic rings. The number of hydrogen-bond donors (Lipinski definition) is 1. The molecular formula is C12H25NO. The Morgan fingerprint density at radius 2 is 1.86 bits per heavy atom. The standard InChI is InChI=1S/C12H25NO/c1-6-7-8-9-11(10(2)14)13-12(3,4)5/h11,13H,6-9H2,1-5H3. The molecule has 1 unspecified atom stereocenters. The molecule has 1 N–H and O–H groups in total. The summed E-state index contributed by atoms with van der Waals surface area (Å²) < 4.78 is 0. The van der Waals surface area contributed by atoms with E-state index >= 15 is 0 Å². The SMILES string of the molecule is CCCCCC(NC(C)(C)C)C(C)=O. The van der Waals surface area contributed by atoms with Crippen LogP contribution in [0.3, 0.4) is 0 Å². The predicted molar refractivity (Wildman–Crippen MR) is 61.5 cm³/mol. The van der Waals surface area contributed by atoms with E-state index in [2.05, 4.69) is 33.0 Å². The smallest absolute Gasteiger partial charge is 0.146 e. The molecule has 0 aromatic carbocycles. The van der Waals surface area contributed by atoms with Crippen LogP contribution in [0.5, 0.6) is 0 Å².